The highest BCUT2D eigenvalue weighted by molar-refractivity contribution is 6.99. The molecule has 3 nitrogen and oxygen atoms in total. The largest absolute Gasteiger partial charge is 0.260 e. The van der Waals surface area contributed by atoms with E-state index in [-0.39, 0.29) is 5.92 Å². The molecule has 0 spiro atoms. The van der Waals surface area contributed by atoms with Gasteiger partial charge in [0.15, 0.2) is 5.15 Å². The first kappa shape index (κ1) is 9.24. The van der Waals surface area contributed by atoms with E-state index < -0.39 is 0 Å². The number of pyridine rings is 1. The molecule has 15 heavy (non-hydrogen) atoms. The Bertz CT molecular complexity index is 497. The van der Waals surface area contributed by atoms with Gasteiger partial charge < -0.3 is 0 Å². The normalized spacial score (nSPS) is 19.1. The summed E-state index contributed by atoms with van der Waals surface area (Å²) in [5.41, 5.74) is 3.32. The van der Waals surface area contributed by atoms with Gasteiger partial charge in [0.1, 0.15) is 5.69 Å². The molecule has 0 saturated heterocycles. The van der Waals surface area contributed by atoms with Gasteiger partial charge in [-0.25, -0.2) is 0 Å². The molecule has 3 rings (SSSR count). The van der Waals surface area contributed by atoms with Crippen molar-refractivity contribution in [3.8, 4) is 0 Å². The van der Waals surface area contributed by atoms with Crippen molar-refractivity contribution in [3.05, 3.63) is 40.4 Å². The van der Waals surface area contributed by atoms with Crippen LogP contribution in [0.15, 0.2) is 18.3 Å². The lowest BCUT2D eigenvalue weighted by Crippen LogP contribution is -1.99. The Labute approximate surface area is 96.5 Å². The molecule has 0 radical (unpaired) electrons. The van der Waals surface area contributed by atoms with Gasteiger partial charge >= 0.3 is 0 Å². The molecule has 0 aromatic carbocycles. The van der Waals surface area contributed by atoms with Crippen molar-refractivity contribution in [3.63, 3.8) is 0 Å². The Hall–Kier alpha value is -1.00. The quantitative estimate of drug-likeness (QED) is 0.766. The summed E-state index contributed by atoms with van der Waals surface area (Å²) in [5.74, 6) is 0.243. The number of hydrogen-bond acceptors (Lipinski definition) is 4. The second-order valence-electron chi connectivity index (χ2n) is 3.58. The van der Waals surface area contributed by atoms with Crippen molar-refractivity contribution < 1.29 is 0 Å². The summed E-state index contributed by atoms with van der Waals surface area (Å²) in [6.07, 6.45) is 3.92. The summed E-state index contributed by atoms with van der Waals surface area (Å²) >= 11 is 7.16. The molecular formula is C10H8ClN3S. The number of aryl methyl sites for hydroxylation is 1. The zero-order valence-electron chi connectivity index (χ0n) is 7.85. The van der Waals surface area contributed by atoms with Crippen molar-refractivity contribution >= 4 is 23.3 Å². The van der Waals surface area contributed by atoms with Gasteiger partial charge in [0, 0.05) is 12.1 Å². The lowest BCUT2D eigenvalue weighted by molar-refractivity contribution is 0.755. The SMILES string of the molecule is Clc1nsnc1C1CCc2cccnc21. The number of rotatable bonds is 1. The van der Waals surface area contributed by atoms with E-state index >= 15 is 0 Å². The summed E-state index contributed by atoms with van der Waals surface area (Å²) in [7, 11) is 0. The highest BCUT2D eigenvalue weighted by Gasteiger charge is 2.28. The maximum Gasteiger partial charge on any atom is 0.166 e. The van der Waals surface area contributed by atoms with Gasteiger partial charge in [-0.1, -0.05) is 17.7 Å². The third-order valence-corrected chi connectivity index (χ3v) is 3.68. The lowest BCUT2D eigenvalue weighted by Gasteiger charge is -2.06. The standard InChI is InChI=1S/C10H8ClN3S/c11-10-9(13-15-14-10)7-4-3-6-2-1-5-12-8(6)7/h1-2,5,7H,3-4H2. The molecule has 5 heteroatoms. The van der Waals surface area contributed by atoms with Gasteiger partial charge in [-0.3, -0.25) is 4.98 Å². The van der Waals surface area contributed by atoms with Gasteiger partial charge in [0.05, 0.1) is 17.4 Å². The minimum absolute atomic E-state index is 0.243. The topological polar surface area (TPSA) is 38.7 Å². The van der Waals surface area contributed by atoms with Crippen LogP contribution < -0.4 is 0 Å². The average Bonchev–Trinajstić information content (AvgIpc) is 2.83. The first-order chi connectivity index (χ1) is 7.36. The molecule has 2 aromatic heterocycles. The van der Waals surface area contributed by atoms with Crippen LogP contribution in [0.5, 0.6) is 0 Å². The Kier molecular flexibility index (Phi) is 2.18. The zero-order chi connectivity index (χ0) is 10.3. The van der Waals surface area contributed by atoms with Crippen molar-refractivity contribution in [2.24, 2.45) is 0 Å². The summed E-state index contributed by atoms with van der Waals surface area (Å²) in [6.45, 7) is 0. The number of hydrogen-bond donors (Lipinski definition) is 0. The third kappa shape index (κ3) is 1.44. The van der Waals surface area contributed by atoms with E-state index in [9.17, 15) is 0 Å². The molecule has 76 valence electrons. The summed E-state index contributed by atoms with van der Waals surface area (Å²) in [5, 5.41) is 0.531. The molecule has 1 atom stereocenters. The smallest absolute Gasteiger partial charge is 0.166 e. The Morgan fingerprint density at radius 3 is 3.07 bits per heavy atom. The molecule has 1 aliphatic rings. The predicted octanol–water partition coefficient (Wildman–Crippen LogP) is 2.66. The molecule has 2 heterocycles. The fraction of sp³-hybridized carbons (Fsp3) is 0.300. The van der Waals surface area contributed by atoms with Crippen LogP contribution in [0.1, 0.15) is 29.3 Å². The second kappa shape index (κ2) is 3.54. The van der Waals surface area contributed by atoms with Crippen molar-refractivity contribution in [2.45, 2.75) is 18.8 Å². The van der Waals surface area contributed by atoms with Crippen LogP contribution in [0, 0.1) is 0 Å². The van der Waals surface area contributed by atoms with E-state index in [0.29, 0.717) is 5.15 Å². The average molecular weight is 238 g/mol. The maximum atomic E-state index is 6.00. The molecule has 0 N–H and O–H groups in total. The van der Waals surface area contributed by atoms with Crippen molar-refractivity contribution in [1.82, 2.24) is 13.7 Å². The van der Waals surface area contributed by atoms with Gasteiger partial charge in [-0.15, -0.1) is 0 Å². The summed E-state index contributed by atoms with van der Waals surface area (Å²) in [6, 6.07) is 4.10. The molecule has 1 aliphatic carbocycles. The van der Waals surface area contributed by atoms with E-state index in [1.54, 1.807) is 0 Å². The van der Waals surface area contributed by atoms with Crippen LogP contribution in [-0.4, -0.2) is 13.7 Å². The van der Waals surface area contributed by atoms with Gasteiger partial charge in [0.25, 0.3) is 0 Å². The summed E-state index contributed by atoms with van der Waals surface area (Å²) < 4.78 is 8.26. The van der Waals surface area contributed by atoms with Gasteiger partial charge in [0.2, 0.25) is 0 Å². The van der Waals surface area contributed by atoms with Crippen LogP contribution in [0.3, 0.4) is 0 Å². The van der Waals surface area contributed by atoms with Crippen LogP contribution in [-0.2, 0) is 6.42 Å². The van der Waals surface area contributed by atoms with Crippen LogP contribution in [0.25, 0.3) is 0 Å². The molecule has 0 amide bonds. The molecule has 0 saturated carbocycles. The zero-order valence-corrected chi connectivity index (χ0v) is 9.42. The molecule has 0 aliphatic heterocycles. The molecule has 0 fully saturated rings. The van der Waals surface area contributed by atoms with Gasteiger partial charge in [-0.05, 0) is 24.5 Å². The fourth-order valence-corrected chi connectivity index (χ4v) is 2.90. The van der Waals surface area contributed by atoms with E-state index in [0.717, 1.165) is 24.2 Å². The second-order valence-corrected chi connectivity index (χ2v) is 4.47. The van der Waals surface area contributed by atoms with E-state index in [4.69, 9.17) is 11.6 Å². The highest BCUT2D eigenvalue weighted by atomic mass is 35.5. The van der Waals surface area contributed by atoms with Crippen LogP contribution in [0.2, 0.25) is 5.15 Å². The molecular weight excluding hydrogens is 230 g/mol. The van der Waals surface area contributed by atoms with Crippen LogP contribution in [0.4, 0.5) is 0 Å². The van der Waals surface area contributed by atoms with Crippen molar-refractivity contribution in [2.75, 3.05) is 0 Å². The van der Waals surface area contributed by atoms with Gasteiger partial charge in [-0.2, -0.15) is 8.75 Å². The van der Waals surface area contributed by atoms with E-state index in [1.807, 2.05) is 12.3 Å². The predicted molar refractivity (Wildman–Crippen MR) is 59.3 cm³/mol. The number of halogens is 1. The fourth-order valence-electron chi connectivity index (χ4n) is 2.07. The van der Waals surface area contributed by atoms with E-state index in [1.165, 1.54) is 17.3 Å². The Morgan fingerprint density at radius 2 is 2.27 bits per heavy atom. The Morgan fingerprint density at radius 1 is 1.33 bits per heavy atom. The number of aromatic nitrogens is 3. The van der Waals surface area contributed by atoms with E-state index in [2.05, 4.69) is 19.8 Å². The maximum absolute atomic E-state index is 6.00. The minimum atomic E-state index is 0.243. The third-order valence-electron chi connectivity index (χ3n) is 2.76. The monoisotopic (exact) mass is 237 g/mol. The van der Waals surface area contributed by atoms with Crippen LogP contribution >= 0.6 is 23.3 Å². The first-order valence-electron chi connectivity index (χ1n) is 4.78. The van der Waals surface area contributed by atoms with Crippen molar-refractivity contribution in [1.29, 1.82) is 0 Å². The summed E-state index contributed by atoms with van der Waals surface area (Å²) in [4.78, 5) is 4.42. The minimum Gasteiger partial charge on any atom is -0.260 e. The number of fused-ring (bicyclic) bond motifs is 1. The molecule has 0 bridgehead atoms. The first-order valence-corrected chi connectivity index (χ1v) is 5.89. The lowest BCUT2D eigenvalue weighted by atomic mass is 10.0. The highest BCUT2D eigenvalue weighted by Crippen LogP contribution is 2.38. The Balaban J connectivity index is 2.08. The molecule has 2 aromatic rings. The molecule has 1 unspecified atom stereocenters. The number of nitrogens with zero attached hydrogens (tertiary/aromatic N) is 3.